The van der Waals surface area contributed by atoms with Crippen LogP contribution in [0.15, 0.2) is 18.2 Å². The lowest BCUT2D eigenvalue weighted by Gasteiger charge is -2.13. The van der Waals surface area contributed by atoms with Crippen LogP contribution in [-0.4, -0.2) is 30.0 Å². The summed E-state index contributed by atoms with van der Waals surface area (Å²) in [6.45, 7) is 0. The van der Waals surface area contributed by atoms with Crippen LogP contribution in [0.4, 0.5) is 4.39 Å². The third kappa shape index (κ3) is 2.94. The maximum atomic E-state index is 13.9. The van der Waals surface area contributed by atoms with Gasteiger partial charge >= 0.3 is 0 Å². The molecule has 0 amide bonds. The van der Waals surface area contributed by atoms with Crippen molar-refractivity contribution in [3.8, 4) is 0 Å². The molecule has 5 nitrogen and oxygen atoms in total. The fraction of sp³-hybridized carbons (Fsp3) is 0.500. The van der Waals surface area contributed by atoms with Crippen LogP contribution in [0.5, 0.6) is 0 Å². The maximum Gasteiger partial charge on any atom is 0.151 e. The molecular formula is C14H18FN3O2S. The lowest BCUT2D eigenvalue weighted by Crippen LogP contribution is -2.19. The van der Waals surface area contributed by atoms with Crippen LogP contribution < -0.4 is 5.73 Å². The minimum absolute atomic E-state index is 0.00448. The molecule has 2 aromatic rings. The van der Waals surface area contributed by atoms with E-state index in [0.717, 1.165) is 18.4 Å². The number of sulfone groups is 1. The minimum Gasteiger partial charge on any atom is -0.323 e. The van der Waals surface area contributed by atoms with Crippen molar-refractivity contribution in [1.29, 1.82) is 0 Å². The number of hydrogen-bond donors (Lipinski definition) is 1. The second-order valence-corrected chi connectivity index (χ2v) is 7.96. The quantitative estimate of drug-likeness (QED) is 0.915. The van der Waals surface area contributed by atoms with Crippen molar-refractivity contribution in [3.63, 3.8) is 0 Å². The van der Waals surface area contributed by atoms with Crippen LogP contribution >= 0.6 is 0 Å². The van der Waals surface area contributed by atoms with Gasteiger partial charge < -0.3 is 10.3 Å². The molecule has 0 aliphatic heterocycles. The van der Waals surface area contributed by atoms with Gasteiger partial charge in [0.2, 0.25) is 0 Å². The van der Waals surface area contributed by atoms with Gasteiger partial charge in [-0.25, -0.2) is 17.8 Å². The van der Waals surface area contributed by atoms with Gasteiger partial charge in [-0.2, -0.15) is 0 Å². The van der Waals surface area contributed by atoms with Crippen LogP contribution in [0.2, 0.25) is 0 Å². The summed E-state index contributed by atoms with van der Waals surface area (Å²) in [5.74, 6) is 0.217. The molecule has 21 heavy (non-hydrogen) atoms. The summed E-state index contributed by atoms with van der Waals surface area (Å²) in [5, 5.41) is 0. The average molecular weight is 311 g/mol. The summed E-state index contributed by atoms with van der Waals surface area (Å²) >= 11 is 0. The van der Waals surface area contributed by atoms with E-state index in [-0.39, 0.29) is 18.0 Å². The van der Waals surface area contributed by atoms with Gasteiger partial charge in [-0.15, -0.1) is 0 Å². The predicted octanol–water partition coefficient (Wildman–Crippen LogP) is 1.94. The highest BCUT2D eigenvalue weighted by Gasteiger charge is 2.30. The number of nitrogens with zero attached hydrogens (tertiary/aromatic N) is 2. The van der Waals surface area contributed by atoms with Crippen molar-refractivity contribution >= 4 is 20.9 Å². The number of rotatable bonds is 5. The first-order chi connectivity index (χ1) is 9.87. The Morgan fingerprint density at radius 2 is 2.19 bits per heavy atom. The summed E-state index contributed by atoms with van der Waals surface area (Å²) in [4.78, 5) is 4.34. The second-order valence-electron chi connectivity index (χ2n) is 5.70. The zero-order chi connectivity index (χ0) is 15.2. The Bertz CT molecular complexity index is 781. The fourth-order valence-corrected chi connectivity index (χ4v) is 3.23. The zero-order valence-corrected chi connectivity index (χ0v) is 12.6. The van der Waals surface area contributed by atoms with E-state index in [2.05, 4.69) is 4.98 Å². The van der Waals surface area contributed by atoms with E-state index in [1.54, 1.807) is 6.07 Å². The van der Waals surface area contributed by atoms with Crippen LogP contribution in [0.25, 0.3) is 11.0 Å². The zero-order valence-electron chi connectivity index (χ0n) is 11.8. The summed E-state index contributed by atoms with van der Waals surface area (Å²) in [6.07, 6.45) is 3.52. The van der Waals surface area contributed by atoms with E-state index in [1.165, 1.54) is 12.3 Å². The molecule has 1 aromatic heterocycles. The number of hydrogen-bond acceptors (Lipinski definition) is 4. The molecule has 0 bridgehead atoms. The molecule has 1 saturated carbocycles. The van der Waals surface area contributed by atoms with Crippen molar-refractivity contribution in [1.82, 2.24) is 9.55 Å². The van der Waals surface area contributed by atoms with Gasteiger partial charge in [-0.05, 0) is 31.4 Å². The molecule has 7 heteroatoms. The predicted molar refractivity (Wildman–Crippen MR) is 79.2 cm³/mol. The number of nitrogens with two attached hydrogens (primary N) is 1. The minimum atomic E-state index is -3.07. The Morgan fingerprint density at radius 1 is 1.48 bits per heavy atom. The van der Waals surface area contributed by atoms with Crippen molar-refractivity contribution in [2.24, 2.45) is 5.73 Å². The normalized spacial score (nSPS) is 17.3. The molecule has 1 heterocycles. The third-order valence-corrected chi connectivity index (χ3v) is 4.72. The van der Waals surface area contributed by atoms with E-state index >= 15 is 0 Å². The Balaban J connectivity index is 2.01. The van der Waals surface area contributed by atoms with E-state index in [0.29, 0.717) is 17.4 Å². The standard InChI is InChI=1S/C14H18FN3O2S/c1-21(19,20)8-7-11(16)14-17-13-10(15)3-2-4-12(13)18(14)9-5-6-9/h2-4,9,11H,5-8,16H2,1H3. The first kappa shape index (κ1) is 14.5. The Hall–Kier alpha value is -1.47. The highest BCUT2D eigenvalue weighted by Crippen LogP contribution is 2.40. The number of imidazole rings is 1. The Kier molecular flexibility index (Phi) is 3.49. The lowest BCUT2D eigenvalue weighted by atomic mass is 10.2. The van der Waals surface area contributed by atoms with Crippen LogP contribution in [0.1, 0.15) is 37.2 Å². The van der Waals surface area contributed by atoms with Gasteiger partial charge in [0.1, 0.15) is 21.2 Å². The van der Waals surface area contributed by atoms with E-state index in [1.807, 2.05) is 10.6 Å². The van der Waals surface area contributed by atoms with Gasteiger partial charge in [-0.3, -0.25) is 0 Å². The first-order valence-electron chi connectivity index (χ1n) is 6.96. The van der Waals surface area contributed by atoms with E-state index in [9.17, 15) is 12.8 Å². The largest absolute Gasteiger partial charge is 0.323 e. The molecule has 1 aliphatic carbocycles. The molecule has 114 valence electrons. The van der Waals surface area contributed by atoms with Crippen LogP contribution in [0.3, 0.4) is 0 Å². The molecule has 1 aliphatic rings. The molecule has 1 unspecified atom stereocenters. The van der Waals surface area contributed by atoms with Crippen molar-refractivity contribution in [3.05, 3.63) is 29.8 Å². The van der Waals surface area contributed by atoms with Gasteiger partial charge in [0, 0.05) is 12.3 Å². The molecule has 0 radical (unpaired) electrons. The second kappa shape index (κ2) is 5.06. The molecule has 0 saturated heterocycles. The monoisotopic (exact) mass is 311 g/mol. The fourth-order valence-electron chi connectivity index (χ4n) is 2.55. The molecule has 1 fully saturated rings. The Labute approximate surface area is 122 Å². The number of para-hydroxylation sites is 1. The molecule has 1 aromatic carbocycles. The lowest BCUT2D eigenvalue weighted by molar-refractivity contribution is 0.570. The van der Waals surface area contributed by atoms with Crippen molar-refractivity contribution < 1.29 is 12.8 Å². The molecule has 3 rings (SSSR count). The van der Waals surface area contributed by atoms with Gasteiger partial charge in [0.25, 0.3) is 0 Å². The first-order valence-corrected chi connectivity index (χ1v) is 9.02. The number of fused-ring (bicyclic) bond motifs is 1. The van der Waals surface area contributed by atoms with Crippen molar-refractivity contribution in [2.45, 2.75) is 31.3 Å². The smallest absolute Gasteiger partial charge is 0.151 e. The molecule has 1 atom stereocenters. The van der Waals surface area contributed by atoms with E-state index in [4.69, 9.17) is 5.73 Å². The average Bonchev–Trinajstić information content (AvgIpc) is 3.16. The SMILES string of the molecule is CS(=O)(=O)CCC(N)c1nc2c(F)cccc2n1C1CC1. The summed E-state index contributed by atoms with van der Waals surface area (Å²) in [5.41, 5.74) is 7.16. The Morgan fingerprint density at radius 3 is 2.81 bits per heavy atom. The van der Waals surface area contributed by atoms with Gasteiger partial charge in [0.05, 0.1) is 17.3 Å². The summed E-state index contributed by atoms with van der Waals surface area (Å²) in [6, 6.07) is 4.65. The van der Waals surface area contributed by atoms with Crippen LogP contribution in [0, 0.1) is 5.82 Å². The van der Waals surface area contributed by atoms with Gasteiger partial charge in [-0.1, -0.05) is 6.07 Å². The highest BCUT2D eigenvalue weighted by atomic mass is 32.2. The summed E-state index contributed by atoms with van der Waals surface area (Å²) in [7, 11) is -3.07. The molecule has 0 spiro atoms. The maximum absolute atomic E-state index is 13.9. The molecule has 2 N–H and O–H groups in total. The number of aromatic nitrogens is 2. The summed E-state index contributed by atoms with van der Waals surface area (Å²) < 4.78 is 38.4. The molecular weight excluding hydrogens is 293 g/mol. The van der Waals surface area contributed by atoms with Gasteiger partial charge in [0.15, 0.2) is 5.82 Å². The highest BCUT2D eigenvalue weighted by molar-refractivity contribution is 7.90. The van der Waals surface area contributed by atoms with E-state index < -0.39 is 15.9 Å². The number of benzene rings is 1. The topological polar surface area (TPSA) is 78.0 Å². The third-order valence-electron chi connectivity index (χ3n) is 3.74. The number of halogens is 1. The van der Waals surface area contributed by atoms with Crippen LogP contribution in [-0.2, 0) is 9.84 Å². The van der Waals surface area contributed by atoms with Crippen molar-refractivity contribution in [2.75, 3.05) is 12.0 Å².